The van der Waals surface area contributed by atoms with Gasteiger partial charge in [0.05, 0.1) is 23.9 Å². The van der Waals surface area contributed by atoms with Crippen molar-refractivity contribution in [2.45, 2.75) is 29.7 Å². The second-order valence-corrected chi connectivity index (χ2v) is 9.40. The Bertz CT molecular complexity index is 1040. The molecule has 0 unspecified atom stereocenters. The molecule has 0 radical (unpaired) electrons. The fraction of sp³-hybridized carbons (Fsp3) is 0.364. The summed E-state index contributed by atoms with van der Waals surface area (Å²) in [7, 11) is 1.65. The van der Waals surface area contributed by atoms with Crippen LogP contribution in [0.5, 0.6) is 5.75 Å². The maximum atomic E-state index is 12.5. The van der Waals surface area contributed by atoms with E-state index in [1.165, 1.54) is 4.90 Å². The van der Waals surface area contributed by atoms with Crippen molar-refractivity contribution in [2.75, 3.05) is 32.3 Å². The van der Waals surface area contributed by atoms with E-state index in [-0.39, 0.29) is 5.91 Å². The van der Waals surface area contributed by atoms with Crippen LogP contribution in [0.25, 0.3) is 10.2 Å². The van der Waals surface area contributed by atoms with Gasteiger partial charge in [0.1, 0.15) is 5.75 Å². The van der Waals surface area contributed by atoms with E-state index < -0.39 is 0 Å². The van der Waals surface area contributed by atoms with Gasteiger partial charge in [-0.3, -0.25) is 4.79 Å². The van der Waals surface area contributed by atoms with E-state index >= 15 is 0 Å². The standard InChI is InChI=1S/C22H26N2O3S3/c1-4-27-13-12-24-19-10-9-18(28-3)15-20(19)30-22(24)23-21(25)11-14-29-17-7-5-16(26-2)6-8-17/h5-10,15H,4,11-14H2,1-3H3. The first-order valence-corrected chi connectivity index (χ1v) is 12.8. The number of fused-ring (bicyclic) bond motifs is 1. The van der Waals surface area contributed by atoms with Crippen LogP contribution in [0.3, 0.4) is 0 Å². The van der Waals surface area contributed by atoms with Gasteiger partial charge in [0.15, 0.2) is 4.80 Å². The van der Waals surface area contributed by atoms with Crippen molar-refractivity contribution < 1.29 is 14.3 Å². The largest absolute Gasteiger partial charge is 0.497 e. The molecule has 0 saturated heterocycles. The number of thioether (sulfide) groups is 2. The van der Waals surface area contributed by atoms with Gasteiger partial charge in [-0.15, -0.1) is 23.5 Å². The van der Waals surface area contributed by atoms with Crippen LogP contribution in [-0.2, 0) is 16.1 Å². The average Bonchev–Trinajstić information content (AvgIpc) is 3.10. The lowest BCUT2D eigenvalue weighted by Gasteiger charge is -2.06. The second kappa shape index (κ2) is 11.6. The molecule has 0 atom stereocenters. The molecule has 0 fully saturated rings. The number of hydrogen-bond donors (Lipinski definition) is 0. The molecule has 30 heavy (non-hydrogen) atoms. The minimum Gasteiger partial charge on any atom is -0.497 e. The Morgan fingerprint density at radius 3 is 2.63 bits per heavy atom. The number of ether oxygens (including phenoxy) is 2. The normalized spacial score (nSPS) is 11.9. The highest BCUT2D eigenvalue weighted by atomic mass is 32.2. The summed E-state index contributed by atoms with van der Waals surface area (Å²) in [6.07, 6.45) is 2.46. The molecule has 1 amide bonds. The first kappa shape index (κ1) is 22.9. The predicted octanol–water partition coefficient (Wildman–Crippen LogP) is 5.08. The molecule has 1 heterocycles. The van der Waals surface area contributed by atoms with Crippen molar-refractivity contribution in [1.82, 2.24) is 4.57 Å². The van der Waals surface area contributed by atoms with Crippen molar-refractivity contribution in [1.29, 1.82) is 0 Å². The van der Waals surface area contributed by atoms with Crippen LogP contribution in [0.2, 0.25) is 0 Å². The SMILES string of the molecule is CCOCCn1c(=NC(=O)CCSc2ccc(OC)cc2)sc2cc(SC)ccc21. The molecule has 0 bridgehead atoms. The Morgan fingerprint density at radius 2 is 1.93 bits per heavy atom. The number of hydrogen-bond acceptors (Lipinski definition) is 6. The average molecular weight is 463 g/mol. The monoisotopic (exact) mass is 462 g/mol. The number of thiazole rings is 1. The Morgan fingerprint density at radius 1 is 1.17 bits per heavy atom. The van der Waals surface area contributed by atoms with Gasteiger partial charge in [0.2, 0.25) is 5.91 Å². The van der Waals surface area contributed by atoms with Crippen molar-refractivity contribution >= 4 is 51.0 Å². The maximum Gasteiger partial charge on any atom is 0.249 e. The van der Waals surface area contributed by atoms with Crippen LogP contribution < -0.4 is 9.54 Å². The lowest BCUT2D eigenvalue weighted by Crippen LogP contribution is -2.19. The summed E-state index contributed by atoms with van der Waals surface area (Å²) >= 11 is 4.92. The molecule has 160 valence electrons. The molecule has 0 N–H and O–H groups in total. The van der Waals surface area contributed by atoms with Crippen molar-refractivity contribution in [3.05, 3.63) is 47.3 Å². The molecule has 0 saturated carbocycles. The zero-order chi connectivity index (χ0) is 21.3. The van der Waals surface area contributed by atoms with E-state index in [2.05, 4.69) is 34.0 Å². The van der Waals surface area contributed by atoms with Gasteiger partial charge in [-0.25, -0.2) is 0 Å². The van der Waals surface area contributed by atoms with Gasteiger partial charge in [0.25, 0.3) is 0 Å². The molecule has 3 rings (SSSR count). The highest BCUT2D eigenvalue weighted by molar-refractivity contribution is 7.99. The van der Waals surface area contributed by atoms with Crippen molar-refractivity contribution in [2.24, 2.45) is 4.99 Å². The third kappa shape index (κ3) is 6.14. The summed E-state index contributed by atoms with van der Waals surface area (Å²) in [6.45, 7) is 3.93. The molecule has 5 nitrogen and oxygen atoms in total. The molecular weight excluding hydrogens is 436 g/mol. The zero-order valence-corrected chi connectivity index (χ0v) is 19.9. The summed E-state index contributed by atoms with van der Waals surface area (Å²) < 4.78 is 13.9. The lowest BCUT2D eigenvalue weighted by molar-refractivity contribution is -0.117. The van der Waals surface area contributed by atoms with E-state index in [1.54, 1.807) is 42.0 Å². The molecular formula is C22H26N2O3S3. The summed E-state index contributed by atoms with van der Waals surface area (Å²) in [5.41, 5.74) is 1.09. The van der Waals surface area contributed by atoms with E-state index in [0.29, 0.717) is 31.9 Å². The topological polar surface area (TPSA) is 52.8 Å². The Balaban J connectivity index is 1.73. The molecule has 8 heteroatoms. The lowest BCUT2D eigenvalue weighted by atomic mass is 10.3. The number of amides is 1. The molecule has 3 aromatic rings. The van der Waals surface area contributed by atoms with Crippen LogP contribution in [0.15, 0.2) is 57.2 Å². The van der Waals surface area contributed by atoms with E-state index in [1.807, 2.05) is 31.2 Å². The van der Waals surface area contributed by atoms with Gasteiger partial charge in [-0.2, -0.15) is 4.99 Å². The third-order valence-electron chi connectivity index (χ3n) is 4.42. The quantitative estimate of drug-likeness (QED) is 0.311. The Kier molecular flexibility index (Phi) is 8.87. The highest BCUT2D eigenvalue weighted by Gasteiger charge is 2.09. The van der Waals surface area contributed by atoms with Gasteiger partial charge in [0, 0.05) is 35.1 Å². The first-order chi connectivity index (χ1) is 14.6. The molecule has 2 aromatic carbocycles. The number of rotatable bonds is 10. The molecule has 1 aromatic heterocycles. The van der Waals surface area contributed by atoms with Crippen LogP contribution in [-0.4, -0.2) is 42.8 Å². The third-order valence-corrected chi connectivity index (χ3v) is 7.20. The van der Waals surface area contributed by atoms with Crippen LogP contribution >= 0.6 is 34.9 Å². The van der Waals surface area contributed by atoms with Gasteiger partial charge in [-0.1, -0.05) is 11.3 Å². The number of carbonyl (C=O) groups is 1. The number of nitrogens with zero attached hydrogens (tertiary/aromatic N) is 2. The molecule has 0 spiro atoms. The second-order valence-electron chi connectivity index (χ2n) is 6.35. The summed E-state index contributed by atoms with van der Waals surface area (Å²) in [6, 6.07) is 14.2. The van der Waals surface area contributed by atoms with Crippen molar-refractivity contribution in [3.63, 3.8) is 0 Å². The number of methoxy groups -OCH3 is 1. The minimum absolute atomic E-state index is 0.0992. The van der Waals surface area contributed by atoms with E-state index in [9.17, 15) is 4.79 Å². The van der Waals surface area contributed by atoms with Crippen LogP contribution in [0.4, 0.5) is 0 Å². The molecule has 0 aliphatic carbocycles. The molecule has 0 aliphatic heterocycles. The van der Waals surface area contributed by atoms with Crippen molar-refractivity contribution in [3.8, 4) is 5.75 Å². The zero-order valence-electron chi connectivity index (χ0n) is 17.4. The Labute approximate surface area is 189 Å². The number of benzene rings is 2. The van der Waals surface area contributed by atoms with E-state index in [4.69, 9.17) is 9.47 Å². The smallest absolute Gasteiger partial charge is 0.249 e. The Hall–Kier alpha value is -1.74. The summed E-state index contributed by atoms with van der Waals surface area (Å²) in [5, 5.41) is 0. The van der Waals surface area contributed by atoms with E-state index in [0.717, 1.165) is 25.7 Å². The summed E-state index contributed by atoms with van der Waals surface area (Å²) in [4.78, 5) is 20.0. The van der Waals surface area contributed by atoms with Crippen LogP contribution in [0, 0.1) is 0 Å². The maximum absolute atomic E-state index is 12.5. The highest BCUT2D eigenvalue weighted by Crippen LogP contribution is 2.24. The fourth-order valence-corrected chi connectivity index (χ4v) is 5.34. The number of carbonyl (C=O) groups excluding carboxylic acids is 1. The predicted molar refractivity (Wildman–Crippen MR) is 127 cm³/mol. The van der Waals surface area contributed by atoms with Gasteiger partial charge < -0.3 is 14.0 Å². The van der Waals surface area contributed by atoms with Gasteiger partial charge in [-0.05, 0) is 55.6 Å². The fourth-order valence-electron chi connectivity index (χ4n) is 2.87. The van der Waals surface area contributed by atoms with Gasteiger partial charge >= 0.3 is 0 Å². The summed E-state index contributed by atoms with van der Waals surface area (Å²) in [5.74, 6) is 1.42. The minimum atomic E-state index is -0.0992. The number of aromatic nitrogens is 1. The first-order valence-electron chi connectivity index (χ1n) is 9.74. The van der Waals surface area contributed by atoms with Crippen LogP contribution in [0.1, 0.15) is 13.3 Å². The molecule has 0 aliphatic rings.